The zero-order chi connectivity index (χ0) is 13.9. The number of carboxylic acids is 1. The molecule has 0 aliphatic carbocycles. The van der Waals surface area contributed by atoms with Crippen LogP contribution in [-0.2, 0) is 4.79 Å². The number of carboxylic acid groups (broad SMARTS) is 1. The smallest absolute Gasteiger partial charge is 0.323 e. The average molecular weight is 257 g/mol. The summed E-state index contributed by atoms with van der Waals surface area (Å²) in [5.74, 6) is -0.919. The molecule has 5 nitrogen and oxygen atoms in total. The first-order valence-corrected chi connectivity index (χ1v) is 6.67. The van der Waals surface area contributed by atoms with Crippen molar-refractivity contribution in [3.63, 3.8) is 0 Å². The highest BCUT2D eigenvalue weighted by Crippen LogP contribution is 2.20. The van der Waals surface area contributed by atoms with Crippen LogP contribution in [0.1, 0.15) is 33.1 Å². The molecular weight excluding hydrogens is 230 g/mol. The number of nitrogens with two attached hydrogens (primary N) is 1. The molecule has 0 aromatic heterocycles. The van der Waals surface area contributed by atoms with E-state index in [4.69, 9.17) is 10.8 Å². The molecule has 0 aromatic rings. The predicted molar refractivity (Wildman–Crippen MR) is 72.6 cm³/mol. The van der Waals surface area contributed by atoms with Gasteiger partial charge in [-0.1, -0.05) is 0 Å². The molecule has 1 aliphatic heterocycles. The van der Waals surface area contributed by atoms with Crippen LogP contribution in [0.3, 0.4) is 0 Å². The second-order valence-electron chi connectivity index (χ2n) is 6.01. The van der Waals surface area contributed by atoms with Crippen LogP contribution >= 0.6 is 0 Å². The van der Waals surface area contributed by atoms with Crippen molar-refractivity contribution in [1.82, 2.24) is 9.80 Å². The Balaban J connectivity index is 2.45. The van der Waals surface area contributed by atoms with Gasteiger partial charge in [-0.15, -0.1) is 0 Å². The molecule has 0 bridgehead atoms. The van der Waals surface area contributed by atoms with E-state index in [1.54, 1.807) is 6.92 Å². The molecule has 106 valence electrons. The van der Waals surface area contributed by atoms with Gasteiger partial charge in [-0.25, -0.2) is 0 Å². The number of carbonyl (C=O) groups is 1. The lowest BCUT2D eigenvalue weighted by molar-refractivity contribution is -0.143. The predicted octanol–water partition coefficient (Wildman–Crippen LogP) is 0.593. The summed E-state index contributed by atoms with van der Waals surface area (Å²) in [5.41, 5.74) is 4.68. The lowest BCUT2D eigenvalue weighted by Crippen LogP contribution is -2.52. The minimum Gasteiger partial charge on any atom is -0.480 e. The van der Waals surface area contributed by atoms with Crippen LogP contribution in [0.2, 0.25) is 0 Å². The molecule has 0 saturated carbocycles. The van der Waals surface area contributed by atoms with Crippen LogP contribution in [0.5, 0.6) is 0 Å². The van der Waals surface area contributed by atoms with E-state index < -0.39 is 11.5 Å². The Hall–Kier alpha value is -0.650. The van der Waals surface area contributed by atoms with E-state index in [1.165, 1.54) is 0 Å². The van der Waals surface area contributed by atoms with Gasteiger partial charge in [0.05, 0.1) is 0 Å². The van der Waals surface area contributed by atoms with Crippen LogP contribution in [-0.4, -0.2) is 65.7 Å². The van der Waals surface area contributed by atoms with Crippen molar-refractivity contribution in [3.05, 3.63) is 0 Å². The number of rotatable bonds is 5. The van der Waals surface area contributed by atoms with Crippen LogP contribution in [0.15, 0.2) is 0 Å². The number of piperidine rings is 1. The van der Waals surface area contributed by atoms with E-state index in [-0.39, 0.29) is 6.04 Å². The van der Waals surface area contributed by atoms with E-state index >= 15 is 0 Å². The SMILES string of the molecule is CC(CC(C)(N)C(=O)O)N1CCC(N(C)C)CC1. The van der Waals surface area contributed by atoms with Crippen molar-refractivity contribution in [2.75, 3.05) is 27.2 Å². The first-order valence-electron chi connectivity index (χ1n) is 6.67. The van der Waals surface area contributed by atoms with Gasteiger partial charge in [-0.05, 0) is 60.3 Å². The Morgan fingerprint density at radius 1 is 1.50 bits per heavy atom. The van der Waals surface area contributed by atoms with Gasteiger partial charge in [-0.3, -0.25) is 4.79 Å². The fourth-order valence-electron chi connectivity index (χ4n) is 2.67. The summed E-state index contributed by atoms with van der Waals surface area (Å²) in [6.45, 7) is 5.72. The van der Waals surface area contributed by atoms with Gasteiger partial charge in [0.15, 0.2) is 0 Å². The summed E-state index contributed by atoms with van der Waals surface area (Å²) in [5, 5.41) is 9.05. The normalized spacial score (nSPS) is 23.9. The van der Waals surface area contributed by atoms with Crippen LogP contribution < -0.4 is 5.73 Å². The zero-order valence-corrected chi connectivity index (χ0v) is 12.0. The summed E-state index contributed by atoms with van der Waals surface area (Å²) in [6.07, 6.45) is 2.78. The fraction of sp³-hybridized carbons (Fsp3) is 0.923. The van der Waals surface area contributed by atoms with Crippen molar-refractivity contribution in [2.24, 2.45) is 5.73 Å². The Bertz CT molecular complexity index is 284. The lowest BCUT2D eigenvalue weighted by atomic mass is 9.92. The molecule has 2 atom stereocenters. The topological polar surface area (TPSA) is 69.8 Å². The summed E-state index contributed by atoms with van der Waals surface area (Å²) in [7, 11) is 4.23. The number of hydrogen-bond donors (Lipinski definition) is 2. The second kappa shape index (κ2) is 5.99. The third kappa shape index (κ3) is 3.93. The number of aliphatic carboxylic acids is 1. The number of nitrogens with zero attached hydrogens (tertiary/aromatic N) is 2. The van der Waals surface area contributed by atoms with Crippen LogP contribution in [0.4, 0.5) is 0 Å². The zero-order valence-electron chi connectivity index (χ0n) is 12.0. The molecule has 1 saturated heterocycles. The summed E-state index contributed by atoms with van der Waals surface area (Å²) in [6, 6.07) is 0.872. The van der Waals surface area contributed by atoms with Crippen LogP contribution in [0, 0.1) is 0 Å². The lowest BCUT2D eigenvalue weighted by Gasteiger charge is -2.39. The Morgan fingerprint density at radius 3 is 2.39 bits per heavy atom. The maximum atomic E-state index is 11.0. The van der Waals surface area contributed by atoms with E-state index in [0.29, 0.717) is 12.5 Å². The molecule has 1 aliphatic rings. The van der Waals surface area contributed by atoms with Crippen molar-refractivity contribution in [3.8, 4) is 0 Å². The molecule has 5 heteroatoms. The monoisotopic (exact) mass is 257 g/mol. The van der Waals surface area contributed by atoms with Crippen molar-refractivity contribution < 1.29 is 9.90 Å². The molecule has 1 heterocycles. The highest BCUT2D eigenvalue weighted by atomic mass is 16.4. The summed E-state index contributed by atoms with van der Waals surface area (Å²) >= 11 is 0. The third-order valence-electron chi connectivity index (χ3n) is 4.06. The Labute approximate surface area is 110 Å². The molecule has 0 aromatic carbocycles. The van der Waals surface area contributed by atoms with E-state index in [0.717, 1.165) is 25.9 Å². The first kappa shape index (κ1) is 15.4. The summed E-state index contributed by atoms with van der Waals surface area (Å²) in [4.78, 5) is 15.7. The van der Waals surface area contributed by atoms with Gasteiger partial charge in [0.25, 0.3) is 0 Å². The largest absolute Gasteiger partial charge is 0.480 e. The Kier molecular flexibility index (Phi) is 5.13. The maximum Gasteiger partial charge on any atom is 0.323 e. The standard InChI is InChI=1S/C13H27N3O2/c1-10(9-13(2,14)12(17)18)16-7-5-11(6-8-16)15(3)4/h10-11H,5-9,14H2,1-4H3,(H,17,18). The van der Waals surface area contributed by atoms with E-state index in [9.17, 15) is 4.79 Å². The van der Waals surface area contributed by atoms with Gasteiger partial charge >= 0.3 is 5.97 Å². The molecule has 1 rings (SSSR count). The van der Waals surface area contributed by atoms with Crippen molar-refractivity contribution in [2.45, 2.75) is 50.7 Å². The van der Waals surface area contributed by atoms with Crippen molar-refractivity contribution >= 4 is 5.97 Å². The van der Waals surface area contributed by atoms with Gasteiger partial charge in [0.2, 0.25) is 0 Å². The van der Waals surface area contributed by atoms with E-state index in [1.807, 2.05) is 0 Å². The van der Waals surface area contributed by atoms with Crippen molar-refractivity contribution in [1.29, 1.82) is 0 Å². The third-order valence-corrected chi connectivity index (χ3v) is 4.06. The number of likely N-dealkylation sites (tertiary alicyclic amines) is 1. The van der Waals surface area contributed by atoms with Crippen LogP contribution in [0.25, 0.3) is 0 Å². The molecule has 0 spiro atoms. The first-order chi connectivity index (χ1) is 8.24. The molecule has 2 unspecified atom stereocenters. The van der Waals surface area contributed by atoms with Gasteiger partial charge < -0.3 is 20.6 Å². The minimum absolute atomic E-state index is 0.221. The molecule has 3 N–H and O–H groups in total. The molecule has 0 radical (unpaired) electrons. The molecular formula is C13H27N3O2. The maximum absolute atomic E-state index is 11.0. The highest BCUT2D eigenvalue weighted by Gasteiger charge is 2.33. The average Bonchev–Trinajstić information content (AvgIpc) is 2.28. The number of hydrogen-bond acceptors (Lipinski definition) is 4. The molecule has 0 amide bonds. The van der Waals surface area contributed by atoms with E-state index in [2.05, 4.69) is 30.8 Å². The van der Waals surface area contributed by atoms with Gasteiger partial charge in [0.1, 0.15) is 5.54 Å². The second-order valence-corrected chi connectivity index (χ2v) is 6.01. The van der Waals surface area contributed by atoms with Gasteiger partial charge in [0, 0.05) is 12.1 Å². The minimum atomic E-state index is -1.13. The highest BCUT2D eigenvalue weighted by molar-refractivity contribution is 5.77. The fourth-order valence-corrected chi connectivity index (χ4v) is 2.67. The molecule has 18 heavy (non-hydrogen) atoms. The summed E-state index contributed by atoms with van der Waals surface area (Å²) < 4.78 is 0. The Morgan fingerprint density at radius 2 is 2.00 bits per heavy atom. The quantitative estimate of drug-likeness (QED) is 0.754. The molecule has 1 fully saturated rings. The van der Waals surface area contributed by atoms with Gasteiger partial charge in [-0.2, -0.15) is 0 Å².